The molecule has 13 heteroatoms. The second kappa shape index (κ2) is 11.0. The highest BCUT2D eigenvalue weighted by Crippen LogP contribution is 2.34. The van der Waals surface area contributed by atoms with Crippen LogP contribution in [0.25, 0.3) is 11.5 Å². The van der Waals surface area contributed by atoms with Gasteiger partial charge in [-0.25, -0.2) is 19.7 Å². The van der Waals surface area contributed by atoms with E-state index in [1.807, 2.05) is 11.0 Å². The van der Waals surface area contributed by atoms with Gasteiger partial charge in [0.05, 0.1) is 23.8 Å². The van der Waals surface area contributed by atoms with Crippen LogP contribution < -0.4 is 10.2 Å². The fourth-order valence-electron chi connectivity index (χ4n) is 3.96. The third-order valence-corrected chi connectivity index (χ3v) is 7.32. The van der Waals surface area contributed by atoms with E-state index in [0.717, 1.165) is 0 Å². The molecule has 1 saturated heterocycles. The fourth-order valence-corrected chi connectivity index (χ4v) is 5.14. The van der Waals surface area contributed by atoms with Crippen molar-refractivity contribution in [3.05, 3.63) is 45.3 Å². The molecular formula is C23H24ClN7O4S. The van der Waals surface area contributed by atoms with Crippen molar-refractivity contribution in [2.24, 2.45) is 0 Å². The largest absolute Gasteiger partial charge is 0.462 e. The minimum Gasteiger partial charge on any atom is -0.462 e. The number of piperidine rings is 1. The van der Waals surface area contributed by atoms with Gasteiger partial charge in [-0.05, 0) is 26.3 Å². The van der Waals surface area contributed by atoms with Gasteiger partial charge in [0.15, 0.2) is 11.0 Å². The van der Waals surface area contributed by atoms with Crippen LogP contribution in [0.4, 0.5) is 5.13 Å². The fraction of sp³-hybridized carbons (Fsp3) is 0.391. The summed E-state index contributed by atoms with van der Waals surface area (Å²) in [5, 5.41) is 13.2. The number of anilines is 1. The molecule has 0 aromatic carbocycles. The number of nitrogens with zero attached hydrogens (tertiary/aromatic N) is 5. The Balaban J connectivity index is 1.54. The predicted molar refractivity (Wildman–Crippen MR) is 133 cm³/mol. The van der Waals surface area contributed by atoms with Gasteiger partial charge < -0.3 is 24.7 Å². The summed E-state index contributed by atoms with van der Waals surface area (Å²) in [5.41, 5.74) is 1.16. The quantitative estimate of drug-likeness (QED) is 0.441. The Morgan fingerprint density at radius 2 is 2.14 bits per heavy atom. The molecule has 1 aliphatic heterocycles. The zero-order valence-electron chi connectivity index (χ0n) is 19.9. The molecule has 188 valence electrons. The summed E-state index contributed by atoms with van der Waals surface area (Å²) >= 11 is 7.34. The number of ether oxygens (including phenoxy) is 2. The van der Waals surface area contributed by atoms with Crippen LogP contribution in [-0.4, -0.2) is 70.8 Å². The lowest BCUT2D eigenvalue weighted by molar-refractivity contribution is 0.0531. The van der Waals surface area contributed by atoms with Crippen LogP contribution >= 0.6 is 22.9 Å². The maximum absolute atomic E-state index is 12.9. The molecule has 2 atom stereocenters. The molecule has 0 saturated carbocycles. The maximum Gasteiger partial charge on any atom is 0.350 e. The van der Waals surface area contributed by atoms with Gasteiger partial charge in [-0.3, -0.25) is 4.79 Å². The molecule has 1 fully saturated rings. The summed E-state index contributed by atoms with van der Waals surface area (Å²) in [6, 6.07) is 3.35. The van der Waals surface area contributed by atoms with Gasteiger partial charge >= 0.3 is 5.97 Å². The Morgan fingerprint density at radius 3 is 2.81 bits per heavy atom. The number of halogens is 1. The molecule has 0 unspecified atom stereocenters. The maximum atomic E-state index is 12.9. The first kappa shape index (κ1) is 25.6. The molecular weight excluding hydrogens is 506 g/mol. The highest BCUT2D eigenvalue weighted by atomic mass is 35.5. The number of carbonyl (C=O) groups is 2. The van der Waals surface area contributed by atoms with E-state index in [9.17, 15) is 14.9 Å². The van der Waals surface area contributed by atoms with E-state index in [4.69, 9.17) is 21.1 Å². The van der Waals surface area contributed by atoms with Crippen LogP contribution in [-0.2, 0) is 9.47 Å². The molecule has 4 rings (SSSR count). The Kier molecular flexibility index (Phi) is 7.83. The molecule has 1 aliphatic rings. The first-order chi connectivity index (χ1) is 17.4. The molecule has 11 nitrogen and oxygen atoms in total. The molecule has 36 heavy (non-hydrogen) atoms. The second-order valence-corrected chi connectivity index (χ2v) is 9.34. The van der Waals surface area contributed by atoms with E-state index in [0.29, 0.717) is 46.7 Å². The first-order valence-corrected chi connectivity index (χ1v) is 12.4. The Morgan fingerprint density at radius 1 is 1.39 bits per heavy atom. The number of methoxy groups -OCH3 is 1. The minimum absolute atomic E-state index is 0.114. The third-order valence-electron chi connectivity index (χ3n) is 5.75. The number of esters is 1. The minimum atomic E-state index is -0.484. The molecule has 0 aliphatic carbocycles. The standard InChI is InChI=1S/C23H24ClN7O4S/c1-4-35-22(33)19-18(20-26-7-5-8-27-20)30-23(36-19)31-9-6-14(15(11-31)34-3)29-21(32)17-13(10-25)16(24)12(2)28-17/h5,7-8,14-15,28H,4,6,9,11H2,1-3H3,(H,29,32)/t14-,15+/m1/s1. The number of rotatable bonds is 7. The van der Waals surface area contributed by atoms with Crippen LogP contribution in [0.5, 0.6) is 0 Å². The van der Waals surface area contributed by atoms with Crippen molar-refractivity contribution in [3.8, 4) is 17.6 Å². The highest BCUT2D eigenvalue weighted by molar-refractivity contribution is 7.17. The van der Waals surface area contributed by atoms with E-state index in [1.54, 1.807) is 39.4 Å². The number of nitrogens with one attached hydrogen (secondary N) is 2. The average Bonchev–Trinajstić information content (AvgIpc) is 3.46. The zero-order valence-corrected chi connectivity index (χ0v) is 21.4. The smallest absolute Gasteiger partial charge is 0.350 e. The number of thiazole rings is 1. The zero-order chi connectivity index (χ0) is 25.8. The summed E-state index contributed by atoms with van der Waals surface area (Å²) in [5.74, 6) is -0.576. The van der Waals surface area contributed by atoms with E-state index in [-0.39, 0.29) is 35.0 Å². The van der Waals surface area contributed by atoms with Gasteiger partial charge in [-0.2, -0.15) is 5.26 Å². The van der Waals surface area contributed by atoms with Gasteiger partial charge in [0.2, 0.25) is 0 Å². The van der Waals surface area contributed by atoms with Crippen LogP contribution in [0.2, 0.25) is 5.02 Å². The first-order valence-electron chi connectivity index (χ1n) is 11.2. The van der Waals surface area contributed by atoms with Gasteiger partial charge in [0, 0.05) is 38.3 Å². The molecule has 0 spiro atoms. The molecule has 0 bridgehead atoms. The lowest BCUT2D eigenvalue weighted by atomic mass is 10.0. The van der Waals surface area contributed by atoms with E-state index >= 15 is 0 Å². The highest BCUT2D eigenvalue weighted by Gasteiger charge is 2.34. The monoisotopic (exact) mass is 529 g/mol. The van der Waals surface area contributed by atoms with Crippen molar-refractivity contribution < 1.29 is 19.1 Å². The van der Waals surface area contributed by atoms with Crippen molar-refractivity contribution >= 4 is 39.9 Å². The lowest BCUT2D eigenvalue weighted by Gasteiger charge is -2.37. The van der Waals surface area contributed by atoms with Crippen LogP contribution in [0.1, 0.15) is 44.8 Å². The van der Waals surface area contributed by atoms with Gasteiger partial charge in [0.25, 0.3) is 5.91 Å². The number of carbonyl (C=O) groups excluding carboxylic acids is 2. The van der Waals surface area contributed by atoms with Crippen molar-refractivity contribution in [1.82, 2.24) is 25.3 Å². The number of H-pyrrole nitrogens is 1. The number of aromatic nitrogens is 4. The Hall–Kier alpha value is -3.53. The topological polar surface area (TPSA) is 146 Å². The molecule has 0 radical (unpaired) electrons. The number of aryl methyl sites for hydroxylation is 1. The average molecular weight is 530 g/mol. The lowest BCUT2D eigenvalue weighted by Crippen LogP contribution is -2.55. The summed E-state index contributed by atoms with van der Waals surface area (Å²) in [7, 11) is 1.57. The normalized spacial score (nSPS) is 17.5. The number of hydrogen-bond acceptors (Lipinski definition) is 10. The van der Waals surface area contributed by atoms with Gasteiger partial charge in [-0.1, -0.05) is 22.9 Å². The SMILES string of the molecule is CCOC(=O)c1sc(N2CC[C@@H](NC(=O)c3[nH]c(C)c(Cl)c3C#N)[C@@H](OC)C2)nc1-c1ncccn1. The molecule has 3 aromatic rings. The van der Waals surface area contributed by atoms with E-state index in [1.165, 1.54) is 11.3 Å². The van der Waals surface area contributed by atoms with Crippen molar-refractivity contribution in [1.29, 1.82) is 5.26 Å². The van der Waals surface area contributed by atoms with Crippen LogP contribution in [0.15, 0.2) is 18.5 Å². The van der Waals surface area contributed by atoms with Crippen molar-refractivity contribution in [3.63, 3.8) is 0 Å². The predicted octanol–water partition coefficient (Wildman–Crippen LogP) is 2.96. The van der Waals surface area contributed by atoms with Crippen LogP contribution in [0, 0.1) is 18.3 Å². The molecule has 4 heterocycles. The summed E-state index contributed by atoms with van der Waals surface area (Å²) < 4.78 is 10.9. The number of nitriles is 1. The third kappa shape index (κ3) is 5.04. The molecule has 2 N–H and O–H groups in total. The summed E-state index contributed by atoms with van der Waals surface area (Å²) in [6.07, 6.45) is 3.35. The van der Waals surface area contributed by atoms with Crippen molar-refractivity contribution in [2.45, 2.75) is 32.4 Å². The number of amides is 1. The Labute approximate surface area is 216 Å². The summed E-state index contributed by atoms with van der Waals surface area (Å²) in [6.45, 7) is 4.64. The molecule has 3 aromatic heterocycles. The van der Waals surface area contributed by atoms with E-state index in [2.05, 4.69) is 25.3 Å². The second-order valence-electron chi connectivity index (χ2n) is 7.98. The van der Waals surface area contributed by atoms with Gasteiger partial charge in [-0.15, -0.1) is 0 Å². The van der Waals surface area contributed by atoms with Crippen molar-refractivity contribution in [2.75, 3.05) is 31.7 Å². The van der Waals surface area contributed by atoms with Crippen LogP contribution in [0.3, 0.4) is 0 Å². The van der Waals surface area contributed by atoms with Gasteiger partial charge in [0.1, 0.15) is 27.9 Å². The molecule has 1 amide bonds. The summed E-state index contributed by atoms with van der Waals surface area (Å²) in [4.78, 5) is 43.9. The number of aromatic amines is 1. The van der Waals surface area contributed by atoms with E-state index < -0.39 is 11.9 Å². The number of hydrogen-bond donors (Lipinski definition) is 2. The Bertz CT molecular complexity index is 1300.